The number of carbonyl (C=O) groups is 1. The fraction of sp³-hybridized carbons (Fsp3) is 0.485. The summed E-state index contributed by atoms with van der Waals surface area (Å²) in [5, 5.41) is 22.8. The molecule has 1 unspecified atom stereocenters. The van der Waals surface area contributed by atoms with Crippen LogP contribution in [0.4, 0.5) is 5.69 Å². The predicted octanol–water partition coefficient (Wildman–Crippen LogP) is 5.86. The van der Waals surface area contributed by atoms with Gasteiger partial charge in [0.1, 0.15) is 18.0 Å². The van der Waals surface area contributed by atoms with Gasteiger partial charge in [0, 0.05) is 44.3 Å². The van der Waals surface area contributed by atoms with Crippen LogP contribution in [0.3, 0.4) is 0 Å². The summed E-state index contributed by atoms with van der Waals surface area (Å²) >= 11 is 0. The van der Waals surface area contributed by atoms with Crippen LogP contribution in [0, 0.1) is 36.5 Å². The van der Waals surface area contributed by atoms with E-state index in [4.69, 9.17) is 0 Å². The molecule has 40 heavy (non-hydrogen) atoms. The van der Waals surface area contributed by atoms with Gasteiger partial charge in [-0.15, -0.1) is 0 Å². The average molecular weight is 539 g/mol. The molecule has 2 fully saturated rings. The molecular weight excluding hydrogens is 496 g/mol. The van der Waals surface area contributed by atoms with Gasteiger partial charge in [0.15, 0.2) is 5.57 Å². The van der Waals surface area contributed by atoms with Crippen molar-refractivity contribution < 1.29 is 4.79 Å². The highest BCUT2D eigenvalue weighted by atomic mass is 16.1. The topological polar surface area (TPSA) is 86.4 Å². The largest absolute Gasteiger partial charge is 0.351 e. The van der Waals surface area contributed by atoms with Gasteiger partial charge < -0.3 is 15.1 Å². The molecule has 1 N–H and O–H groups in total. The molecule has 0 aliphatic carbocycles. The van der Waals surface area contributed by atoms with E-state index in [1.54, 1.807) is 0 Å². The SMILES string of the molecule is CCCC(CC(=O)Nc1cccc(CN2CCCCC2)c1)N1CCN(Cc2cc(C)cc(C)c2)C1=C(C#N)C#N. The number of likely N-dealkylation sites (tertiary alicyclic amines) is 1. The predicted molar refractivity (Wildman–Crippen MR) is 159 cm³/mol. The normalized spacial score (nSPS) is 16.4. The number of piperidine rings is 1. The third-order valence-electron chi connectivity index (χ3n) is 7.83. The van der Waals surface area contributed by atoms with E-state index in [0.717, 1.165) is 43.7 Å². The molecule has 2 aromatic carbocycles. The second-order valence-electron chi connectivity index (χ2n) is 11.3. The Hall–Kier alpha value is -3.81. The molecular formula is C33H42N6O. The maximum absolute atomic E-state index is 13.3. The summed E-state index contributed by atoms with van der Waals surface area (Å²) in [6.07, 6.45) is 5.82. The molecule has 2 aliphatic rings. The highest BCUT2D eigenvalue weighted by Gasteiger charge is 2.34. The van der Waals surface area contributed by atoms with Crippen molar-refractivity contribution in [2.75, 3.05) is 31.5 Å². The smallest absolute Gasteiger partial charge is 0.226 e. The van der Waals surface area contributed by atoms with Crippen LogP contribution in [0.5, 0.6) is 0 Å². The minimum atomic E-state index is -0.0996. The summed E-state index contributed by atoms with van der Waals surface area (Å²) in [4.78, 5) is 20.0. The third kappa shape index (κ3) is 7.64. The molecule has 0 saturated carbocycles. The molecule has 2 aromatic rings. The zero-order valence-electron chi connectivity index (χ0n) is 24.2. The maximum Gasteiger partial charge on any atom is 0.226 e. The summed E-state index contributed by atoms with van der Waals surface area (Å²) in [6, 6.07) is 18.8. The van der Waals surface area contributed by atoms with E-state index in [1.165, 1.54) is 36.0 Å². The number of hydrogen-bond acceptors (Lipinski definition) is 6. The Balaban J connectivity index is 1.48. The van der Waals surface area contributed by atoms with E-state index < -0.39 is 0 Å². The number of allylic oxidation sites excluding steroid dienone is 1. The Labute approximate surface area is 239 Å². The monoisotopic (exact) mass is 538 g/mol. The fourth-order valence-corrected chi connectivity index (χ4v) is 6.19. The molecule has 0 radical (unpaired) electrons. The molecule has 0 spiro atoms. The van der Waals surface area contributed by atoms with Crippen molar-refractivity contribution in [1.29, 1.82) is 10.5 Å². The van der Waals surface area contributed by atoms with E-state index in [-0.39, 0.29) is 17.5 Å². The van der Waals surface area contributed by atoms with Crippen molar-refractivity contribution >= 4 is 11.6 Å². The standard InChI is InChI=1S/C33H42N6O/c1-4-9-31(20-32(40)36-30-11-8-10-27(19-30)23-37-12-6-5-7-13-37)39-15-14-38(33(39)29(21-34)22-35)24-28-17-25(2)16-26(3)18-28/h8,10-11,16-19,31H,4-7,9,12-15,20,23-24H2,1-3H3,(H,36,40). The molecule has 0 aromatic heterocycles. The van der Waals surface area contributed by atoms with E-state index in [9.17, 15) is 15.3 Å². The van der Waals surface area contributed by atoms with Crippen LogP contribution in [0.15, 0.2) is 53.9 Å². The quantitative estimate of drug-likeness (QED) is 0.381. The molecule has 2 aliphatic heterocycles. The summed E-state index contributed by atoms with van der Waals surface area (Å²) < 4.78 is 0. The fourth-order valence-electron chi connectivity index (χ4n) is 6.19. The number of hydrogen-bond donors (Lipinski definition) is 1. The van der Waals surface area contributed by atoms with Gasteiger partial charge in [0.05, 0.1) is 0 Å². The zero-order chi connectivity index (χ0) is 28.5. The Morgan fingerprint density at radius 2 is 1.65 bits per heavy atom. The molecule has 1 atom stereocenters. The molecule has 1 amide bonds. The molecule has 4 rings (SSSR count). The number of nitrogens with one attached hydrogen (secondary N) is 1. The van der Waals surface area contributed by atoms with Crippen LogP contribution in [-0.4, -0.2) is 52.8 Å². The summed E-state index contributed by atoms with van der Waals surface area (Å²) in [5.41, 5.74) is 5.67. The van der Waals surface area contributed by atoms with Gasteiger partial charge in [-0.2, -0.15) is 10.5 Å². The first kappa shape index (κ1) is 29.2. The van der Waals surface area contributed by atoms with Crippen molar-refractivity contribution in [2.45, 2.75) is 78.4 Å². The van der Waals surface area contributed by atoms with Crippen molar-refractivity contribution in [1.82, 2.24) is 14.7 Å². The molecule has 2 saturated heterocycles. The molecule has 7 heteroatoms. The van der Waals surface area contributed by atoms with E-state index in [0.29, 0.717) is 31.9 Å². The maximum atomic E-state index is 13.3. The second kappa shape index (κ2) is 14.0. The van der Waals surface area contributed by atoms with E-state index in [2.05, 4.69) is 83.3 Å². The minimum Gasteiger partial charge on any atom is -0.351 e. The molecule has 7 nitrogen and oxygen atoms in total. The Kier molecular flexibility index (Phi) is 10.2. The van der Waals surface area contributed by atoms with E-state index >= 15 is 0 Å². The van der Waals surface area contributed by atoms with Crippen molar-refractivity contribution in [3.05, 3.63) is 76.1 Å². The highest BCUT2D eigenvalue weighted by Crippen LogP contribution is 2.30. The first-order valence-corrected chi connectivity index (χ1v) is 14.6. The summed E-state index contributed by atoms with van der Waals surface area (Å²) in [5.74, 6) is 0.607. The number of aryl methyl sites for hydroxylation is 2. The lowest BCUT2D eigenvalue weighted by Gasteiger charge is -2.32. The highest BCUT2D eigenvalue weighted by molar-refractivity contribution is 5.91. The summed E-state index contributed by atoms with van der Waals surface area (Å²) in [6.45, 7) is 11.5. The second-order valence-corrected chi connectivity index (χ2v) is 11.3. The minimum absolute atomic E-state index is 0.0452. The van der Waals surface area contributed by atoms with E-state index in [1.807, 2.05) is 12.1 Å². The summed E-state index contributed by atoms with van der Waals surface area (Å²) in [7, 11) is 0. The van der Waals surface area contributed by atoms with Crippen LogP contribution in [-0.2, 0) is 17.9 Å². The van der Waals surface area contributed by atoms with Gasteiger partial charge >= 0.3 is 0 Å². The lowest BCUT2D eigenvalue weighted by molar-refractivity contribution is -0.117. The van der Waals surface area contributed by atoms with Crippen molar-refractivity contribution in [3.8, 4) is 12.1 Å². The van der Waals surface area contributed by atoms with Crippen molar-refractivity contribution in [2.24, 2.45) is 0 Å². The lowest BCUT2D eigenvalue weighted by Crippen LogP contribution is -2.37. The Morgan fingerprint density at radius 1 is 0.925 bits per heavy atom. The number of carbonyl (C=O) groups excluding carboxylic acids is 1. The van der Waals surface area contributed by atoms with Crippen LogP contribution in [0.2, 0.25) is 0 Å². The molecule has 210 valence electrons. The van der Waals surface area contributed by atoms with Crippen LogP contribution in [0.1, 0.15) is 67.7 Å². The Bertz CT molecular complexity index is 1260. The first-order valence-electron chi connectivity index (χ1n) is 14.6. The molecule has 2 heterocycles. The Morgan fingerprint density at radius 3 is 2.33 bits per heavy atom. The lowest BCUT2D eigenvalue weighted by atomic mass is 10.0. The number of nitriles is 2. The van der Waals surface area contributed by atoms with Crippen LogP contribution in [0.25, 0.3) is 0 Å². The van der Waals surface area contributed by atoms with Gasteiger partial charge in [-0.25, -0.2) is 0 Å². The van der Waals surface area contributed by atoms with Crippen LogP contribution < -0.4 is 5.32 Å². The zero-order valence-corrected chi connectivity index (χ0v) is 24.2. The number of rotatable bonds is 10. The van der Waals surface area contributed by atoms with Crippen molar-refractivity contribution in [3.63, 3.8) is 0 Å². The van der Waals surface area contributed by atoms with Gasteiger partial charge in [-0.1, -0.05) is 61.2 Å². The van der Waals surface area contributed by atoms with Gasteiger partial charge in [-0.05, 0) is 69.5 Å². The number of benzene rings is 2. The average Bonchev–Trinajstić information content (AvgIpc) is 3.32. The van der Waals surface area contributed by atoms with Gasteiger partial charge in [-0.3, -0.25) is 9.69 Å². The third-order valence-corrected chi connectivity index (χ3v) is 7.83. The number of nitrogens with zero attached hydrogens (tertiary/aromatic N) is 5. The number of amides is 1. The number of anilines is 1. The van der Waals surface area contributed by atoms with Crippen LogP contribution >= 0.6 is 0 Å². The van der Waals surface area contributed by atoms with Gasteiger partial charge in [0.25, 0.3) is 0 Å². The molecule has 0 bridgehead atoms. The first-order chi connectivity index (χ1) is 19.4. The van der Waals surface area contributed by atoms with Gasteiger partial charge in [0.2, 0.25) is 5.91 Å².